The molecule has 1 aliphatic rings. The summed E-state index contributed by atoms with van der Waals surface area (Å²) in [7, 11) is 4.30. The van der Waals surface area contributed by atoms with Gasteiger partial charge in [-0.15, -0.1) is 0 Å². The van der Waals surface area contributed by atoms with Crippen LogP contribution in [0.2, 0.25) is 0 Å². The molecule has 1 saturated carbocycles. The number of hydrogen-bond donors (Lipinski definition) is 1. The van der Waals surface area contributed by atoms with Gasteiger partial charge in [-0.05, 0) is 71.2 Å². The predicted molar refractivity (Wildman–Crippen MR) is 71.8 cm³/mol. The molecule has 0 heterocycles. The summed E-state index contributed by atoms with van der Waals surface area (Å²) in [6.07, 6.45) is 8.45. The smallest absolute Gasteiger partial charge is 0.00205 e. The van der Waals surface area contributed by atoms with Crippen LogP contribution in [0.1, 0.15) is 45.4 Å². The molecule has 0 aromatic carbocycles. The van der Waals surface area contributed by atoms with Gasteiger partial charge in [-0.2, -0.15) is 0 Å². The minimum Gasteiger partial charge on any atom is -0.316 e. The number of unbranched alkanes of at least 4 members (excludes halogenated alkanes) is 1. The third kappa shape index (κ3) is 6.49. The van der Waals surface area contributed by atoms with Gasteiger partial charge in [-0.1, -0.05) is 19.8 Å². The van der Waals surface area contributed by atoms with Gasteiger partial charge < -0.3 is 10.2 Å². The Kier molecular flexibility index (Phi) is 7.06. The van der Waals surface area contributed by atoms with E-state index in [2.05, 4.69) is 31.2 Å². The van der Waals surface area contributed by atoms with Gasteiger partial charge in [0.1, 0.15) is 0 Å². The quantitative estimate of drug-likeness (QED) is 0.672. The number of hydrogen-bond acceptors (Lipinski definition) is 2. The predicted octanol–water partition coefficient (Wildman–Crippen LogP) is 2.74. The van der Waals surface area contributed by atoms with Crippen molar-refractivity contribution in [1.29, 1.82) is 0 Å². The summed E-state index contributed by atoms with van der Waals surface area (Å²) in [4.78, 5) is 2.27. The van der Waals surface area contributed by atoms with Gasteiger partial charge in [-0.25, -0.2) is 0 Å². The zero-order valence-electron chi connectivity index (χ0n) is 11.5. The molecule has 0 unspecified atom stereocenters. The third-order valence-corrected chi connectivity index (χ3v) is 3.78. The Morgan fingerprint density at radius 3 is 2.38 bits per heavy atom. The van der Waals surface area contributed by atoms with Crippen LogP contribution in [0.25, 0.3) is 0 Å². The van der Waals surface area contributed by atoms with E-state index < -0.39 is 0 Å². The molecule has 0 atom stereocenters. The highest BCUT2D eigenvalue weighted by Crippen LogP contribution is 2.27. The van der Waals surface area contributed by atoms with Gasteiger partial charge in [0.2, 0.25) is 0 Å². The van der Waals surface area contributed by atoms with Gasteiger partial charge in [0.25, 0.3) is 0 Å². The van der Waals surface area contributed by atoms with Crippen LogP contribution >= 0.6 is 0 Å². The van der Waals surface area contributed by atoms with Gasteiger partial charge in [0.15, 0.2) is 0 Å². The number of rotatable bonds is 7. The molecule has 2 nitrogen and oxygen atoms in total. The summed E-state index contributed by atoms with van der Waals surface area (Å²) in [5.74, 6) is 1.95. The summed E-state index contributed by atoms with van der Waals surface area (Å²) >= 11 is 0. The van der Waals surface area contributed by atoms with Gasteiger partial charge in [0.05, 0.1) is 0 Å². The maximum Gasteiger partial charge on any atom is -0.00205 e. The van der Waals surface area contributed by atoms with E-state index in [-0.39, 0.29) is 0 Å². The molecule has 1 rings (SSSR count). The zero-order valence-corrected chi connectivity index (χ0v) is 11.5. The number of nitrogens with one attached hydrogen (secondary N) is 1. The lowest BCUT2D eigenvalue weighted by Crippen LogP contribution is -2.27. The summed E-state index contributed by atoms with van der Waals surface area (Å²) < 4.78 is 0. The van der Waals surface area contributed by atoms with E-state index in [1.807, 2.05) is 0 Å². The van der Waals surface area contributed by atoms with Crippen molar-refractivity contribution in [3.8, 4) is 0 Å². The van der Waals surface area contributed by atoms with E-state index in [1.54, 1.807) is 0 Å². The normalized spacial score (nSPS) is 26.2. The van der Waals surface area contributed by atoms with E-state index >= 15 is 0 Å². The van der Waals surface area contributed by atoms with Crippen LogP contribution in [0.15, 0.2) is 0 Å². The molecule has 0 bridgehead atoms. The fourth-order valence-electron chi connectivity index (χ4n) is 2.52. The number of nitrogens with zero attached hydrogens (tertiary/aromatic N) is 1. The first kappa shape index (κ1) is 14.0. The molecule has 1 N–H and O–H groups in total. The van der Waals surface area contributed by atoms with Gasteiger partial charge in [-0.3, -0.25) is 0 Å². The maximum absolute atomic E-state index is 3.63. The summed E-state index contributed by atoms with van der Waals surface area (Å²) in [5.41, 5.74) is 0. The van der Waals surface area contributed by atoms with Crippen molar-refractivity contribution in [1.82, 2.24) is 10.2 Å². The second kappa shape index (κ2) is 8.08. The molecule has 0 aromatic rings. The van der Waals surface area contributed by atoms with E-state index in [0.29, 0.717) is 0 Å². The molecule has 16 heavy (non-hydrogen) atoms. The topological polar surface area (TPSA) is 15.3 Å². The van der Waals surface area contributed by atoms with Crippen molar-refractivity contribution >= 4 is 0 Å². The lowest BCUT2D eigenvalue weighted by atomic mass is 9.83. The fraction of sp³-hybridized carbons (Fsp3) is 1.00. The van der Waals surface area contributed by atoms with Crippen LogP contribution in [-0.4, -0.2) is 38.6 Å². The van der Waals surface area contributed by atoms with Crippen molar-refractivity contribution in [3.05, 3.63) is 0 Å². The van der Waals surface area contributed by atoms with Crippen LogP contribution in [0.3, 0.4) is 0 Å². The Labute approximate surface area is 102 Å². The highest BCUT2D eigenvalue weighted by Gasteiger charge is 2.17. The van der Waals surface area contributed by atoms with Crippen LogP contribution < -0.4 is 5.32 Å². The van der Waals surface area contributed by atoms with Gasteiger partial charge >= 0.3 is 0 Å². The highest BCUT2D eigenvalue weighted by atomic mass is 15.0. The highest BCUT2D eigenvalue weighted by molar-refractivity contribution is 4.71. The summed E-state index contributed by atoms with van der Waals surface area (Å²) in [6, 6.07) is 0. The van der Waals surface area contributed by atoms with Crippen molar-refractivity contribution in [2.24, 2.45) is 11.8 Å². The molecule has 0 aliphatic heterocycles. The Bertz CT molecular complexity index is 160. The molecule has 96 valence electrons. The first-order valence-corrected chi connectivity index (χ1v) is 7.04. The van der Waals surface area contributed by atoms with Crippen LogP contribution in [0, 0.1) is 11.8 Å². The summed E-state index contributed by atoms with van der Waals surface area (Å²) in [5, 5.41) is 3.63. The molecule has 0 spiro atoms. The van der Waals surface area contributed by atoms with Crippen LogP contribution in [0.4, 0.5) is 0 Å². The zero-order chi connectivity index (χ0) is 11.8. The Morgan fingerprint density at radius 2 is 1.75 bits per heavy atom. The first-order valence-electron chi connectivity index (χ1n) is 7.04. The van der Waals surface area contributed by atoms with E-state index in [4.69, 9.17) is 0 Å². The van der Waals surface area contributed by atoms with Crippen molar-refractivity contribution in [2.45, 2.75) is 45.4 Å². The van der Waals surface area contributed by atoms with Crippen LogP contribution in [-0.2, 0) is 0 Å². The molecule has 0 aromatic heterocycles. The molecular formula is C14H30N2. The lowest BCUT2D eigenvalue weighted by molar-refractivity contribution is 0.281. The van der Waals surface area contributed by atoms with Crippen molar-refractivity contribution < 1.29 is 0 Å². The molecule has 1 fully saturated rings. The SMILES string of the molecule is CC1CCC(CNCCCCN(C)C)CC1. The molecule has 1 aliphatic carbocycles. The monoisotopic (exact) mass is 226 g/mol. The molecular weight excluding hydrogens is 196 g/mol. The second-order valence-corrected chi connectivity index (χ2v) is 5.84. The second-order valence-electron chi connectivity index (χ2n) is 5.84. The van der Waals surface area contributed by atoms with E-state index in [0.717, 1.165) is 11.8 Å². The Balaban J connectivity index is 1.87. The van der Waals surface area contributed by atoms with E-state index in [9.17, 15) is 0 Å². The standard InChI is InChI=1S/C14H30N2/c1-13-6-8-14(9-7-13)12-15-10-4-5-11-16(2)3/h13-15H,4-12H2,1-3H3. The van der Waals surface area contributed by atoms with Gasteiger partial charge in [0, 0.05) is 0 Å². The Hall–Kier alpha value is -0.0800. The van der Waals surface area contributed by atoms with Crippen molar-refractivity contribution in [2.75, 3.05) is 33.7 Å². The van der Waals surface area contributed by atoms with Crippen molar-refractivity contribution in [3.63, 3.8) is 0 Å². The average molecular weight is 226 g/mol. The average Bonchev–Trinajstić information content (AvgIpc) is 2.25. The molecule has 0 saturated heterocycles. The maximum atomic E-state index is 3.63. The minimum absolute atomic E-state index is 0.963. The van der Waals surface area contributed by atoms with E-state index in [1.165, 1.54) is 58.2 Å². The third-order valence-electron chi connectivity index (χ3n) is 3.78. The summed E-state index contributed by atoms with van der Waals surface area (Å²) in [6.45, 7) is 6.09. The largest absolute Gasteiger partial charge is 0.316 e. The first-order chi connectivity index (χ1) is 7.68. The molecule has 0 amide bonds. The Morgan fingerprint density at radius 1 is 1.06 bits per heavy atom. The molecule has 0 radical (unpaired) electrons. The molecule has 2 heteroatoms. The lowest BCUT2D eigenvalue weighted by Gasteiger charge is -2.26. The fourth-order valence-corrected chi connectivity index (χ4v) is 2.52. The minimum atomic E-state index is 0.963. The van der Waals surface area contributed by atoms with Crippen LogP contribution in [0.5, 0.6) is 0 Å².